The average Bonchev–Trinajstić information content (AvgIpc) is 2.45. The zero-order valence-corrected chi connectivity index (χ0v) is 13.4. The Hall–Kier alpha value is -2.36. The highest BCUT2D eigenvalue weighted by Crippen LogP contribution is 2.35. The minimum Gasteiger partial charge on any atom is -0.508 e. The topological polar surface area (TPSA) is 58.9 Å². The van der Waals surface area contributed by atoms with E-state index in [-0.39, 0.29) is 23.5 Å². The van der Waals surface area contributed by atoms with Crippen LogP contribution in [-0.2, 0) is 12.0 Å². The van der Waals surface area contributed by atoms with Gasteiger partial charge in [0, 0.05) is 11.1 Å². The number of phenolic OH excluding ortho intramolecular Hbond substituents is 2. The van der Waals surface area contributed by atoms with E-state index in [1.165, 1.54) is 0 Å². The van der Waals surface area contributed by atoms with Gasteiger partial charge in [0.2, 0.25) is 0 Å². The number of hydrogen-bond donors (Lipinski definition) is 2. The van der Waals surface area contributed by atoms with E-state index in [2.05, 4.69) is 20.8 Å². The predicted molar refractivity (Wildman–Crippen MR) is 85.8 cm³/mol. The van der Waals surface area contributed by atoms with Gasteiger partial charge in [-0.25, -0.2) is 0 Å². The van der Waals surface area contributed by atoms with E-state index in [0.29, 0.717) is 11.5 Å². The number of phenols is 2. The van der Waals surface area contributed by atoms with Crippen LogP contribution in [0, 0.1) is 0 Å². The first-order chi connectivity index (χ1) is 10.3. The highest BCUT2D eigenvalue weighted by atomic mass is 16.5. The molecule has 0 saturated heterocycles. The van der Waals surface area contributed by atoms with E-state index in [1.807, 2.05) is 0 Å². The molecule has 0 unspecified atom stereocenters. The van der Waals surface area contributed by atoms with Gasteiger partial charge >= 0.3 is 0 Å². The first-order valence-electron chi connectivity index (χ1n) is 7.13. The molecule has 0 fully saturated rings. The molecule has 22 heavy (non-hydrogen) atoms. The highest BCUT2D eigenvalue weighted by Gasteiger charge is 2.20. The molecule has 0 radical (unpaired) electrons. The quantitative estimate of drug-likeness (QED) is 0.896. The van der Waals surface area contributed by atoms with Gasteiger partial charge in [-0.1, -0.05) is 20.8 Å². The molecule has 0 spiro atoms. The molecule has 0 bridgehead atoms. The number of aromatic hydroxyl groups is 2. The maximum atomic E-state index is 9.70. The van der Waals surface area contributed by atoms with Crippen LogP contribution in [0.25, 0.3) is 0 Å². The molecule has 0 saturated carbocycles. The Labute approximate surface area is 130 Å². The van der Waals surface area contributed by atoms with Gasteiger partial charge in [-0.3, -0.25) is 0 Å². The van der Waals surface area contributed by atoms with Crippen LogP contribution in [0.2, 0.25) is 0 Å². The van der Waals surface area contributed by atoms with Crippen LogP contribution in [0.15, 0.2) is 36.4 Å². The van der Waals surface area contributed by atoms with Crippen molar-refractivity contribution in [3.05, 3.63) is 47.5 Å². The van der Waals surface area contributed by atoms with Crippen molar-refractivity contribution in [3.8, 4) is 23.0 Å². The lowest BCUT2D eigenvalue weighted by atomic mass is 9.86. The Morgan fingerprint density at radius 3 is 2.09 bits per heavy atom. The van der Waals surface area contributed by atoms with Gasteiger partial charge in [-0.2, -0.15) is 0 Å². The molecule has 118 valence electrons. The average molecular weight is 302 g/mol. The molecule has 4 nitrogen and oxygen atoms in total. The molecular formula is C18H22O4. The second-order valence-corrected chi connectivity index (χ2v) is 6.22. The summed E-state index contributed by atoms with van der Waals surface area (Å²) < 4.78 is 11.2. The molecule has 0 heterocycles. The Balaban J connectivity index is 2.27. The fraction of sp³-hybridized carbons (Fsp3) is 0.333. The molecule has 0 aliphatic carbocycles. The van der Waals surface area contributed by atoms with Crippen LogP contribution in [0.3, 0.4) is 0 Å². The van der Waals surface area contributed by atoms with E-state index >= 15 is 0 Å². The molecule has 2 rings (SSSR count). The zero-order valence-electron chi connectivity index (χ0n) is 13.4. The lowest BCUT2D eigenvalue weighted by Crippen LogP contribution is -2.13. The van der Waals surface area contributed by atoms with Crippen molar-refractivity contribution < 1.29 is 19.7 Å². The van der Waals surface area contributed by atoms with Crippen LogP contribution in [0.4, 0.5) is 0 Å². The smallest absolute Gasteiger partial charge is 0.125 e. The summed E-state index contributed by atoms with van der Waals surface area (Å²) in [6, 6.07) is 9.97. The second kappa shape index (κ2) is 6.18. The third-order valence-electron chi connectivity index (χ3n) is 3.42. The largest absolute Gasteiger partial charge is 0.508 e. The Kier molecular flexibility index (Phi) is 4.50. The fourth-order valence-electron chi connectivity index (χ4n) is 2.26. The van der Waals surface area contributed by atoms with Crippen LogP contribution in [-0.4, -0.2) is 17.3 Å². The summed E-state index contributed by atoms with van der Waals surface area (Å²) in [7, 11) is 1.58. The van der Waals surface area contributed by atoms with E-state index in [4.69, 9.17) is 9.47 Å². The maximum absolute atomic E-state index is 9.70. The minimum absolute atomic E-state index is 0.156. The summed E-state index contributed by atoms with van der Waals surface area (Å²) in [5, 5.41) is 19.3. The van der Waals surface area contributed by atoms with Gasteiger partial charge in [-0.05, 0) is 41.8 Å². The van der Waals surface area contributed by atoms with E-state index in [0.717, 1.165) is 11.1 Å². The first-order valence-corrected chi connectivity index (χ1v) is 7.13. The van der Waals surface area contributed by atoms with Gasteiger partial charge in [0.15, 0.2) is 0 Å². The molecule has 2 N–H and O–H groups in total. The van der Waals surface area contributed by atoms with E-state index in [9.17, 15) is 10.2 Å². The van der Waals surface area contributed by atoms with Crippen molar-refractivity contribution in [2.75, 3.05) is 7.11 Å². The first kappa shape index (κ1) is 16.0. The summed E-state index contributed by atoms with van der Waals surface area (Å²) in [6.45, 7) is 6.45. The third-order valence-corrected chi connectivity index (χ3v) is 3.42. The monoisotopic (exact) mass is 302 g/mol. The molecule has 2 aromatic rings. The van der Waals surface area contributed by atoms with Gasteiger partial charge in [0.05, 0.1) is 7.11 Å². The molecule has 0 amide bonds. The van der Waals surface area contributed by atoms with Crippen molar-refractivity contribution in [3.63, 3.8) is 0 Å². The molecule has 0 aliphatic heterocycles. The number of benzene rings is 2. The summed E-state index contributed by atoms with van der Waals surface area (Å²) in [5.74, 6) is 1.75. The SMILES string of the molecule is COc1ccc(O)cc1COc1ccc(O)cc1C(C)(C)C. The van der Waals surface area contributed by atoms with Gasteiger partial charge in [0.1, 0.15) is 29.6 Å². The van der Waals surface area contributed by atoms with Crippen LogP contribution in [0.5, 0.6) is 23.0 Å². The number of hydrogen-bond acceptors (Lipinski definition) is 4. The summed E-state index contributed by atoms with van der Waals surface area (Å²) in [4.78, 5) is 0. The van der Waals surface area contributed by atoms with Crippen molar-refractivity contribution in [1.82, 2.24) is 0 Å². The lowest BCUT2D eigenvalue weighted by molar-refractivity contribution is 0.287. The fourth-order valence-corrected chi connectivity index (χ4v) is 2.26. The summed E-state index contributed by atoms with van der Waals surface area (Å²) in [5.41, 5.74) is 1.53. The van der Waals surface area contributed by atoms with Gasteiger partial charge < -0.3 is 19.7 Å². The van der Waals surface area contributed by atoms with E-state index < -0.39 is 0 Å². The van der Waals surface area contributed by atoms with Crippen molar-refractivity contribution in [2.45, 2.75) is 32.8 Å². The molecule has 4 heteroatoms. The maximum Gasteiger partial charge on any atom is 0.125 e. The number of methoxy groups -OCH3 is 1. The molecule has 0 aromatic heterocycles. The van der Waals surface area contributed by atoms with Crippen LogP contribution >= 0.6 is 0 Å². The van der Waals surface area contributed by atoms with Gasteiger partial charge in [-0.15, -0.1) is 0 Å². The predicted octanol–water partition coefficient (Wildman–Crippen LogP) is 3.98. The Bertz CT molecular complexity index is 657. The standard InChI is InChI=1S/C18H22O4/c1-18(2,3)15-10-14(20)6-8-17(15)22-11-12-9-13(19)5-7-16(12)21-4/h5-10,19-20H,11H2,1-4H3. The van der Waals surface area contributed by atoms with Crippen molar-refractivity contribution >= 4 is 0 Å². The molecule has 0 atom stereocenters. The summed E-state index contributed by atoms with van der Waals surface area (Å²) >= 11 is 0. The molecule has 0 aliphatic rings. The van der Waals surface area contributed by atoms with Crippen molar-refractivity contribution in [1.29, 1.82) is 0 Å². The van der Waals surface area contributed by atoms with Gasteiger partial charge in [0.25, 0.3) is 0 Å². The zero-order chi connectivity index (χ0) is 16.3. The number of ether oxygens (including phenoxy) is 2. The molecule has 2 aromatic carbocycles. The second-order valence-electron chi connectivity index (χ2n) is 6.22. The van der Waals surface area contributed by atoms with Crippen LogP contribution < -0.4 is 9.47 Å². The Morgan fingerprint density at radius 1 is 0.909 bits per heavy atom. The normalized spacial score (nSPS) is 11.3. The lowest BCUT2D eigenvalue weighted by Gasteiger charge is -2.23. The van der Waals surface area contributed by atoms with Crippen molar-refractivity contribution in [2.24, 2.45) is 0 Å². The van der Waals surface area contributed by atoms with Crippen LogP contribution in [0.1, 0.15) is 31.9 Å². The number of rotatable bonds is 4. The molecular weight excluding hydrogens is 280 g/mol. The Morgan fingerprint density at radius 2 is 1.50 bits per heavy atom. The minimum atomic E-state index is -0.156. The highest BCUT2D eigenvalue weighted by molar-refractivity contribution is 5.44. The van der Waals surface area contributed by atoms with E-state index in [1.54, 1.807) is 43.5 Å². The summed E-state index contributed by atoms with van der Waals surface area (Å²) in [6.07, 6.45) is 0. The third kappa shape index (κ3) is 3.64.